The van der Waals surface area contributed by atoms with Crippen LogP contribution in [0.25, 0.3) is 0 Å². The van der Waals surface area contributed by atoms with E-state index in [1.54, 1.807) is 12.1 Å². The SMILES string of the molecule is CN(CCO)Cc1nc(NN)ccc1Cl. The van der Waals surface area contributed by atoms with Crippen molar-refractivity contribution in [2.45, 2.75) is 6.54 Å². The molecule has 0 aromatic carbocycles. The Morgan fingerprint density at radius 3 is 2.93 bits per heavy atom. The lowest BCUT2D eigenvalue weighted by Crippen LogP contribution is -2.22. The summed E-state index contributed by atoms with van der Waals surface area (Å²) in [6.45, 7) is 1.27. The van der Waals surface area contributed by atoms with Gasteiger partial charge in [-0.2, -0.15) is 0 Å². The molecule has 0 fully saturated rings. The number of hydrogen-bond acceptors (Lipinski definition) is 5. The van der Waals surface area contributed by atoms with Gasteiger partial charge in [-0.25, -0.2) is 10.8 Å². The second-order valence-corrected chi connectivity index (χ2v) is 3.64. The lowest BCUT2D eigenvalue weighted by Gasteiger charge is -2.15. The van der Waals surface area contributed by atoms with Crippen molar-refractivity contribution >= 4 is 17.4 Å². The fourth-order valence-corrected chi connectivity index (χ4v) is 1.35. The molecular weight excluding hydrogens is 216 g/mol. The zero-order chi connectivity index (χ0) is 11.3. The average molecular weight is 231 g/mol. The molecule has 0 amide bonds. The highest BCUT2D eigenvalue weighted by Crippen LogP contribution is 2.17. The van der Waals surface area contributed by atoms with E-state index in [9.17, 15) is 0 Å². The standard InChI is InChI=1S/C9H15ClN4O/c1-14(4-5-15)6-8-7(10)2-3-9(12-8)13-11/h2-3,15H,4-6,11H2,1H3,(H,12,13). The van der Waals surface area contributed by atoms with Crippen molar-refractivity contribution in [1.29, 1.82) is 0 Å². The Morgan fingerprint density at radius 1 is 1.60 bits per heavy atom. The molecule has 1 aromatic heterocycles. The number of hydrogen-bond donors (Lipinski definition) is 3. The molecule has 0 atom stereocenters. The van der Waals surface area contributed by atoms with Crippen LogP contribution in [0.15, 0.2) is 12.1 Å². The van der Waals surface area contributed by atoms with Crippen molar-refractivity contribution in [3.63, 3.8) is 0 Å². The van der Waals surface area contributed by atoms with Gasteiger partial charge in [0.2, 0.25) is 0 Å². The summed E-state index contributed by atoms with van der Waals surface area (Å²) in [5, 5.41) is 9.35. The maximum Gasteiger partial charge on any atom is 0.140 e. The number of aliphatic hydroxyl groups excluding tert-OH is 1. The molecule has 0 aliphatic heterocycles. The van der Waals surface area contributed by atoms with Gasteiger partial charge in [0.25, 0.3) is 0 Å². The molecule has 0 saturated heterocycles. The maximum atomic E-state index is 8.76. The fourth-order valence-electron chi connectivity index (χ4n) is 1.18. The highest BCUT2D eigenvalue weighted by atomic mass is 35.5. The van der Waals surface area contributed by atoms with Gasteiger partial charge in [0.1, 0.15) is 5.82 Å². The Kier molecular flexibility index (Phi) is 4.77. The van der Waals surface area contributed by atoms with Gasteiger partial charge in [-0.05, 0) is 19.2 Å². The maximum absolute atomic E-state index is 8.76. The normalized spacial score (nSPS) is 10.7. The van der Waals surface area contributed by atoms with Crippen molar-refractivity contribution in [2.24, 2.45) is 5.84 Å². The second-order valence-electron chi connectivity index (χ2n) is 3.23. The van der Waals surface area contributed by atoms with Crippen molar-refractivity contribution in [3.8, 4) is 0 Å². The summed E-state index contributed by atoms with van der Waals surface area (Å²) in [5.74, 6) is 5.82. The van der Waals surface area contributed by atoms with Gasteiger partial charge < -0.3 is 10.5 Å². The van der Waals surface area contributed by atoms with E-state index in [4.69, 9.17) is 22.6 Å². The fraction of sp³-hybridized carbons (Fsp3) is 0.444. The number of rotatable bonds is 5. The van der Waals surface area contributed by atoms with Gasteiger partial charge in [0.15, 0.2) is 0 Å². The van der Waals surface area contributed by atoms with E-state index < -0.39 is 0 Å². The third-order valence-electron chi connectivity index (χ3n) is 1.97. The van der Waals surface area contributed by atoms with E-state index >= 15 is 0 Å². The van der Waals surface area contributed by atoms with Crippen LogP contribution in [0.4, 0.5) is 5.82 Å². The predicted octanol–water partition coefficient (Wildman–Crippen LogP) is 0.445. The number of pyridine rings is 1. The van der Waals surface area contributed by atoms with Gasteiger partial charge in [0, 0.05) is 13.1 Å². The first-order chi connectivity index (χ1) is 7.17. The Balaban J connectivity index is 2.74. The third-order valence-corrected chi connectivity index (χ3v) is 2.31. The van der Waals surface area contributed by atoms with Crippen LogP contribution in [-0.4, -0.2) is 35.2 Å². The van der Waals surface area contributed by atoms with Crippen LogP contribution >= 0.6 is 11.6 Å². The van der Waals surface area contributed by atoms with Crippen molar-refractivity contribution in [1.82, 2.24) is 9.88 Å². The molecule has 1 rings (SSSR count). The molecule has 0 unspecified atom stereocenters. The van der Waals surface area contributed by atoms with E-state index in [0.29, 0.717) is 23.9 Å². The van der Waals surface area contributed by atoms with Gasteiger partial charge in [-0.1, -0.05) is 11.6 Å². The third kappa shape index (κ3) is 3.64. The molecule has 0 aliphatic rings. The average Bonchev–Trinajstić information content (AvgIpc) is 2.21. The molecule has 6 heteroatoms. The molecule has 0 bridgehead atoms. The number of hydrazine groups is 1. The molecule has 15 heavy (non-hydrogen) atoms. The van der Waals surface area contributed by atoms with Crippen LogP contribution in [0.2, 0.25) is 5.02 Å². The summed E-state index contributed by atoms with van der Waals surface area (Å²) in [6.07, 6.45) is 0. The Morgan fingerprint density at radius 2 is 2.33 bits per heavy atom. The van der Waals surface area contributed by atoms with E-state index in [2.05, 4.69) is 10.4 Å². The molecule has 0 aliphatic carbocycles. The van der Waals surface area contributed by atoms with Crippen LogP contribution in [-0.2, 0) is 6.54 Å². The van der Waals surface area contributed by atoms with E-state index in [1.165, 1.54) is 0 Å². The van der Waals surface area contributed by atoms with Gasteiger partial charge >= 0.3 is 0 Å². The summed E-state index contributed by atoms with van der Waals surface area (Å²) >= 11 is 5.98. The number of aromatic nitrogens is 1. The van der Waals surface area contributed by atoms with Crippen LogP contribution in [0.3, 0.4) is 0 Å². The van der Waals surface area contributed by atoms with Crippen molar-refractivity contribution in [3.05, 3.63) is 22.8 Å². The molecule has 1 heterocycles. The van der Waals surface area contributed by atoms with Crippen molar-refractivity contribution < 1.29 is 5.11 Å². The van der Waals surface area contributed by atoms with E-state index in [-0.39, 0.29) is 6.61 Å². The molecule has 0 saturated carbocycles. The lowest BCUT2D eigenvalue weighted by molar-refractivity contribution is 0.216. The summed E-state index contributed by atoms with van der Waals surface area (Å²) in [5.41, 5.74) is 3.20. The summed E-state index contributed by atoms with van der Waals surface area (Å²) in [4.78, 5) is 6.15. The number of nitrogens with one attached hydrogen (secondary N) is 1. The molecule has 0 spiro atoms. The smallest absolute Gasteiger partial charge is 0.140 e. The summed E-state index contributed by atoms with van der Waals surface area (Å²) < 4.78 is 0. The number of nitrogen functional groups attached to an aromatic ring is 1. The number of halogens is 1. The first-order valence-electron chi connectivity index (χ1n) is 4.59. The van der Waals surface area contributed by atoms with Crippen LogP contribution in [0.1, 0.15) is 5.69 Å². The predicted molar refractivity (Wildman–Crippen MR) is 60.5 cm³/mol. The molecule has 5 nitrogen and oxygen atoms in total. The Labute approximate surface area is 93.8 Å². The molecular formula is C9H15ClN4O. The van der Waals surface area contributed by atoms with E-state index in [0.717, 1.165) is 5.69 Å². The number of anilines is 1. The van der Waals surface area contributed by atoms with Crippen LogP contribution < -0.4 is 11.3 Å². The monoisotopic (exact) mass is 230 g/mol. The number of nitrogens with zero attached hydrogens (tertiary/aromatic N) is 2. The molecule has 4 N–H and O–H groups in total. The second kappa shape index (κ2) is 5.87. The quantitative estimate of drug-likeness (QED) is 0.506. The van der Waals surface area contributed by atoms with Crippen LogP contribution in [0.5, 0.6) is 0 Å². The number of aliphatic hydroxyl groups is 1. The Bertz CT molecular complexity index is 321. The lowest BCUT2D eigenvalue weighted by atomic mass is 10.3. The largest absolute Gasteiger partial charge is 0.395 e. The molecule has 1 aromatic rings. The minimum Gasteiger partial charge on any atom is -0.395 e. The zero-order valence-corrected chi connectivity index (χ0v) is 9.33. The minimum absolute atomic E-state index is 0.114. The first kappa shape index (κ1) is 12.2. The highest BCUT2D eigenvalue weighted by molar-refractivity contribution is 6.31. The van der Waals surface area contributed by atoms with Gasteiger partial charge in [0.05, 0.1) is 17.3 Å². The summed E-state index contributed by atoms with van der Waals surface area (Å²) in [7, 11) is 1.89. The molecule has 0 radical (unpaired) electrons. The number of nitrogens with two attached hydrogens (primary N) is 1. The highest BCUT2D eigenvalue weighted by Gasteiger charge is 2.06. The number of likely N-dealkylation sites (N-methyl/N-ethyl adjacent to an activating group) is 1. The van der Waals surface area contributed by atoms with Gasteiger partial charge in [-0.3, -0.25) is 4.90 Å². The topological polar surface area (TPSA) is 74.4 Å². The summed E-state index contributed by atoms with van der Waals surface area (Å²) in [6, 6.07) is 3.45. The first-order valence-corrected chi connectivity index (χ1v) is 4.96. The Hall–Kier alpha value is -0.880. The minimum atomic E-state index is 0.114. The van der Waals surface area contributed by atoms with Gasteiger partial charge in [-0.15, -0.1) is 0 Å². The zero-order valence-electron chi connectivity index (χ0n) is 8.57. The van der Waals surface area contributed by atoms with Crippen LogP contribution in [0, 0.1) is 0 Å². The molecule has 84 valence electrons. The van der Waals surface area contributed by atoms with E-state index in [1.807, 2.05) is 11.9 Å². The van der Waals surface area contributed by atoms with Crippen molar-refractivity contribution in [2.75, 3.05) is 25.6 Å².